The lowest BCUT2D eigenvalue weighted by atomic mass is 9.80. The summed E-state index contributed by atoms with van der Waals surface area (Å²) in [7, 11) is 2.79. The van der Waals surface area contributed by atoms with Crippen molar-refractivity contribution in [3.63, 3.8) is 0 Å². The van der Waals surface area contributed by atoms with Crippen LogP contribution in [0.1, 0.15) is 97.0 Å². The van der Waals surface area contributed by atoms with Crippen molar-refractivity contribution in [2.45, 2.75) is 104 Å². The summed E-state index contributed by atoms with van der Waals surface area (Å²) in [5.74, 6) is -1.39. The standard InChI is InChI=1S/C50H70O14/c1-8-9-10-12-37-14-16-38(17-15-37)30-60-42-21-18-39(19-22-42)40-20-23-45(41(29-40)13-11-26-59-46(53)35(2)3)61-31-50(32-62-47(54)36(4)5,33-63-48(55)43(51)24-27-57-6)34-64-49(56)44(52)25-28-58-7/h18-23,29,37-38,48,55H,2,4,8-17,24-28,30-34H2,1,3,5-7H3. The Kier molecular flexibility index (Phi) is 24.1. The number of ketones is 2. The van der Waals surface area contributed by atoms with Gasteiger partial charge in [-0.25, -0.2) is 14.4 Å². The number of Topliss-reactive ketones (excluding diaryl/α,β-unsaturated/α-hetero) is 2. The minimum absolute atomic E-state index is 0.0134. The summed E-state index contributed by atoms with van der Waals surface area (Å²) in [5.41, 5.74) is 1.32. The Morgan fingerprint density at radius 2 is 1.31 bits per heavy atom. The molecule has 3 rings (SSSR count). The van der Waals surface area contributed by atoms with Crippen molar-refractivity contribution in [1.82, 2.24) is 0 Å². The molecule has 14 heteroatoms. The lowest BCUT2D eigenvalue weighted by Gasteiger charge is -2.33. The number of carbonyl (C=O) groups is 5. The van der Waals surface area contributed by atoms with E-state index in [0.717, 1.165) is 28.4 Å². The van der Waals surface area contributed by atoms with Gasteiger partial charge in [0.1, 0.15) is 31.3 Å². The van der Waals surface area contributed by atoms with E-state index in [1.807, 2.05) is 36.4 Å². The Bertz CT molecular complexity index is 1810. The molecule has 2 atom stereocenters. The second-order valence-corrected chi connectivity index (χ2v) is 16.8. The molecule has 2 aromatic carbocycles. The number of hydrogen-bond acceptors (Lipinski definition) is 14. The quantitative estimate of drug-likeness (QED) is 0.0188. The Hall–Kier alpha value is -4.89. The number of methoxy groups -OCH3 is 2. The fraction of sp³-hybridized carbons (Fsp3) is 0.580. The number of ether oxygens (including phenoxy) is 8. The van der Waals surface area contributed by atoms with Crippen molar-refractivity contribution in [3.8, 4) is 22.6 Å². The topological polar surface area (TPSA) is 179 Å². The van der Waals surface area contributed by atoms with Crippen LogP contribution in [0.15, 0.2) is 66.8 Å². The smallest absolute Gasteiger partial charge is 0.374 e. The molecule has 1 saturated carbocycles. The molecule has 0 heterocycles. The van der Waals surface area contributed by atoms with Crippen molar-refractivity contribution in [1.29, 1.82) is 0 Å². The van der Waals surface area contributed by atoms with Crippen LogP contribution in [0.4, 0.5) is 0 Å². The van der Waals surface area contributed by atoms with E-state index in [9.17, 15) is 29.1 Å². The van der Waals surface area contributed by atoms with Crippen LogP contribution >= 0.6 is 0 Å². The summed E-state index contributed by atoms with van der Waals surface area (Å²) in [6, 6.07) is 13.5. The number of esters is 3. The van der Waals surface area contributed by atoms with E-state index in [2.05, 4.69) is 20.1 Å². The number of unbranched alkanes of at least 4 members (excludes halogenated alkanes) is 2. The highest BCUT2D eigenvalue weighted by Crippen LogP contribution is 2.34. The number of hydrogen-bond donors (Lipinski definition) is 1. The minimum atomic E-state index is -1.90. The van der Waals surface area contributed by atoms with Gasteiger partial charge in [0.15, 0.2) is 5.78 Å². The van der Waals surface area contributed by atoms with Crippen LogP contribution in [-0.2, 0) is 58.8 Å². The summed E-state index contributed by atoms with van der Waals surface area (Å²) in [6.45, 7) is 11.4. The zero-order valence-electron chi connectivity index (χ0n) is 38.6. The summed E-state index contributed by atoms with van der Waals surface area (Å²) >= 11 is 0. The van der Waals surface area contributed by atoms with Crippen LogP contribution < -0.4 is 9.47 Å². The van der Waals surface area contributed by atoms with Crippen LogP contribution in [0.2, 0.25) is 0 Å². The second-order valence-electron chi connectivity index (χ2n) is 16.8. The molecule has 0 amide bonds. The van der Waals surface area contributed by atoms with Crippen molar-refractivity contribution in [3.05, 3.63) is 72.3 Å². The van der Waals surface area contributed by atoms with Crippen LogP contribution in [0.25, 0.3) is 11.1 Å². The van der Waals surface area contributed by atoms with Gasteiger partial charge in [0, 0.05) is 38.2 Å². The number of carbonyl (C=O) groups excluding carboxylic acids is 5. The van der Waals surface area contributed by atoms with Gasteiger partial charge in [-0.05, 0) is 92.3 Å². The number of rotatable bonds is 32. The third-order valence-electron chi connectivity index (χ3n) is 11.1. The molecular weight excluding hydrogens is 825 g/mol. The number of aliphatic hydroxyl groups excluding tert-OH is 1. The SMILES string of the molecule is C=C(C)C(=O)OCCCc1cc(-c2ccc(OCC3CCC(CCCCC)CC3)cc2)ccc1OCC(COC(=O)C(=C)C)(COC(=O)C(=O)CCOC)COC(O)C(=O)CCOC. The van der Waals surface area contributed by atoms with Gasteiger partial charge in [0.05, 0.1) is 38.4 Å². The third-order valence-corrected chi connectivity index (χ3v) is 11.1. The first-order valence-corrected chi connectivity index (χ1v) is 22.3. The lowest BCUT2D eigenvalue weighted by Crippen LogP contribution is -2.46. The van der Waals surface area contributed by atoms with Gasteiger partial charge in [-0.3, -0.25) is 9.59 Å². The molecule has 1 fully saturated rings. The molecule has 0 radical (unpaired) electrons. The molecule has 0 saturated heterocycles. The van der Waals surface area contributed by atoms with Crippen molar-refractivity contribution in [2.24, 2.45) is 17.3 Å². The highest BCUT2D eigenvalue weighted by Gasteiger charge is 2.38. The summed E-state index contributed by atoms with van der Waals surface area (Å²) in [4.78, 5) is 62.8. The summed E-state index contributed by atoms with van der Waals surface area (Å²) < 4.78 is 44.5. The minimum Gasteiger partial charge on any atom is -0.493 e. The molecule has 0 aliphatic heterocycles. The molecule has 1 N–H and O–H groups in total. The average Bonchev–Trinajstić information content (AvgIpc) is 3.30. The monoisotopic (exact) mass is 894 g/mol. The van der Waals surface area contributed by atoms with Crippen molar-refractivity contribution in [2.75, 3.05) is 67.1 Å². The molecule has 2 aromatic rings. The maximum Gasteiger partial charge on any atom is 0.374 e. The highest BCUT2D eigenvalue weighted by atomic mass is 16.6. The molecule has 0 aromatic heterocycles. The van der Waals surface area contributed by atoms with Crippen molar-refractivity contribution >= 4 is 29.5 Å². The third kappa shape index (κ3) is 19.1. The largest absolute Gasteiger partial charge is 0.493 e. The van der Waals surface area contributed by atoms with Gasteiger partial charge in [0.2, 0.25) is 12.1 Å². The molecule has 354 valence electrons. The Morgan fingerprint density at radius 1 is 0.703 bits per heavy atom. The normalized spacial score (nSPS) is 16.2. The van der Waals surface area contributed by atoms with Gasteiger partial charge in [0.25, 0.3) is 0 Å². The zero-order valence-corrected chi connectivity index (χ0v) is 38.6. The molecule has 14 nitrogen and oxygen atoms in total. The number of benzene rings is 2. The first-order chi connectivity index (χ1) is 30.7. The van der Waals surface area contributed by atoms with E-state index in [4.69, 9.17) is 37.9 Å². The van der Waals surface area contributed by atoms with Gasteiger partial charge >= 0.3 is 17.9 Å². The van der Waals surface area contributed by atoms with E-state index >= 15 is 0 Å². The molecule has 64 heavy (non-hydrogen) atoms. The Morgan fingerprint density at radius 3 is 1.95 bits per heavy atom. The van der Waals surface area contributed by atoms with Gasteiger partial charge in [-0.1, -0.05) is 76.8 Å². The van der Waals surface area contributed by atoms with Gasteiger partial charge in [-0.2, -0.15) is 0 Å². The number of aliphatic hydroxyl groups is 1. The van der Waals surface area contributed by atoms with E-state index in [1.165, 1.54) is 72.5 Å². The van der Waals surface area contributed by atoms with Crippen LogP contribution in [-0.4, -0.2) is 108 Å². The lowest BCUT2D eigenvalue weighted by molar-refractivity contribution is -0.180. The predicted octanol–water partition coefficient (Wildman–Crippen LogP) is 7.74. The maximum atomic E-state index is 12.8. The molecule has 0 bridgehead atoms. The van der Waals surface area contributed by atoms with Crippen LogP contribution in [0, 0.1) is 17.3 Å². The Balaban J connectivity index is 1.89. The molecule has 1 aliphatic rings. The fourth-order valence-electron chi connectivity index (χ4n) is 7.07. The molecule has 2 unspecified atom stereocenters. The first kappa shape index (κ1) is 53.4. The highest BCUT2D eigenvalue weighted by molar-refractivity contribution is 6.33. The van der Waals surface area contributed by atoms with E-state index < -0.39 is 61.0 Å². The van der Waals surface area contributed by atoms with E-state index in [-0.39, 0.29) is 50.4 Å². The van der Waals surface area contributed by atoms with Crippen LogP contribution in [0.5, 0.6) is 11.5 Å². The summed E-state index contributed by atoms with van der Waals surface area (Å²) in [5, 5.41) is 10.6. The maximum absolute atomic E-state index is 12.8. The first-order valence-electron chi connectivity index (χ1n) is 22.3. The molecule has 0 spiro atoms. The van der Waals surface area contributed by atoms with E-state index in [0.29, 0.717) is 31.1 Å². The van der Waals surface area contributed by atoms with Crippen LogP contribution in [0.3, 0.4) is 0 Å². The fourth-order valence-corrected chi connectivity index (χ4v) is 7.07. The average molecular weight is 895 g/mol. The molecular formula is C50H70O14. The second kappa shape index (κ2) is 28.8. The molecule has 1 aliphatic carbocycles. The van der Waals surface area contributed by atoms with Gasteiger partial charge in [-0.15, -0.1) is 0 Å². The number of aryl methyl sites for hydroxylation is 1. The van der Waals surface area contributed by atoms with Crippen molar-refractivity contribution < 1.29 is 67.0 Å². The Labute approximate surface area is 378 Å². The van der Waals surface area contributed by atoms with Gasteiger partial charge < -0.3 is 43.0 Å². The zero-order chi connectivity index (χ0) is 46.9. The summed E-state index contributed by atoms with van der Waals surface area (Å²) in [6.07, 6.45) is 8.71. The predicted molar refractivity (Wildman–Crippen MR) is 241 cm³/mol. The van der Waals surface area contributed by atoms with E-state index in [1.54, 1.807) is 13.0 Å².